The van der Waals surface area contributed by atoms with Crippen LogP contribution in [0.25, 0.3) is 10.9 Å². The van der Waals surface area contributed by atoms with E-state index in [9.17, 15) is 13.2 Å². The lowest BCUT2D eigenvalue weighted by Gasteiger charge is -2.21. The van der Waals surface area contributed by atoms with Crippen molar-refractivity contribution in [3.63, 3.8) is 0 Å². The minimum Gasteiger partial charge on any atom is -0.363 e. The van der Waals surface area contributed by atoms with Crippen molar-refractivity contribution in [2.75, 3.05) is 23.3 Å². The first-order chi connectivity index (χ1) is 14.2. The zero-order valence-electron chi connectivity index (χ0n) is 17.2. The van der Waals surface area contributed by atoms with Crippen LogP contribution in [0.15, 0.2) is 30.5 Å². The summed E-state index contributed by atoms with van der Waals surface area (Å²) >= 11 is 0. The van der Waals surface area contributed by atoms with Crippen LogP contribution in [0.5, 0.6) is 0 Å². The van der Waals surface area contributed by atoms with Gasteiger partial charge in [-0.1, -0.05) is 18.2 Å². The summed E-state index contributed by atoms with van der Waals surface area (Å²) in [5.74, 6) is -2.24. The monoisotopic (exact) mass is 415 g/mol. The lowest BCUT2D eigenvalue weighted by molar-refractivity contribution is 0.0136. The summed E-state index contributed by atoms with van der Waals surface area (Å²) < 4.78 is 42.3. The zero-order chi connectivity index (χ0) is 21.5. The van der Waals surface area contributed by atoms with Gasteiger partial charge in [-0.2, -0.15) is 0 Å². The van der Waals surface area contributed by atoms with E-state index in [-0.39, 0.29) is 5.56 Å². The third kappa shape index (κ3) is 3.91. The third-order valence-corrected chi connectivity index (χ3v) is 5.43. The van der Waals surface area contributed by atoms with Gasteiger partial charge in [0.1, 0.15) is 23.3 Å². The Balaban J connectivity index is 1.72. The van der Waals surface area contributed by atoms with E-state index in [1.165, 1.54) is 12.1 Å². The Morgan fingerprint density at radius 2 is 1.90 bits per heavy atom. The molecular formula is C22H24F3N5. The second-order valence-corrected chi connectivity index (χ2v) is 7.84. The van der Waals surface area contributed by atoms with Crippen molar-refractivity contribution in [3.8, 4) is 0 Å². The number of nitrogens with one attached hydrogen (secondary N) is 1. The van der Waals surface area contributed by atoms with Crippen molar-refractivity contribution < 1.29 is 13.2 Å². The predicted octanol–water partition coefficient (Wildman–Crippen LogP) is 5.36. The fourth-order valence-corrected chi connectivity index (χ4v) is 3.87. The standard InChI is InChI=1S/C22H24F3N5/c1-13(15-7-6-8-17(20(15)23)22(3,24)25)27-21-16-11-19(30-9-4-5-10-30)26-12-18(16)28-14(2)29-21/h6-8,11-13H,4-5,9-10H2,1-3H3,(H,27,28,29)/t13-/m1/s1. The Bertz CT molecular complexity index is 1070. The van der Waals surface area contributed by atoms with Crippen molar-refractivity contribution in [2.24, 2.45) is 0 Å². The Kier molecular flexibility index (Phi) is 5.26. The van der Waals surface area contributed by atoms with Gasteiger partial charge in [-0.15, -0.1) is 0 Å². The number of nitrogens with zero attached hydrogens (tertiary/aromatic N) is 4. The van der Waals surface area contributed by atoms with Gasteiger partial charge in [0.15, 0.2) is 0 Å². The van der Waals surface area contributed by atoms with Gasteiger partial charge in [0.25, 0.3) is 5.92 Å². The molecule has 3 heterocycles. The van der Waals surface area contributed by atoms with Crippen LogP contribution in [-0.2, 0) is 5.92 Å². The number of hydrogen-bond donors (Lipinski definition) is 1. The summed E-state index contributed by atoms with van der Waals surface area (Å²) in [6.45, 7) is 6.09. The highest BCUT2D eigenvalue weighted by atomic mass is 19.3. The molecule has 0 spiro atoms. The molecule has 1 saturated heterocycles. The fraction of sp³-hybridized carbons (Fsp3) is 0.409. The molecule has 0 bridgehead atoms. The van der Waals surface area contributed by atoms with Gasteiger partial charge in [0, 0.05) is 31.0 Å². The topological polar surface area (TPSA) is 53.9 Å². The summed E-state index contributed by atoms with van der Waals surface area (Å²) in [5, 5.41) is 3.96. The molecule has 1 aliphatic heterocycles. The first-order valence-electron chi connectivity index (χ1n) is 10.1. The number of benzene rings is 1. The van der Waals surface area contributed by atoms with E-state index in [1.807, 2.05) is 6.07 Å². The van der Waals surface area contributed by atoms with E-state index in [0.717, 1.165) is 43.2 Å². The first-order valence-corrected chi connectivity index (χ1v) is 10.1. The maximum absolute atomic E-state index is 14.8. The maximum Gasteiger partial charge on any atom is 0.273 e. The number of halogens is 3. The molecule has 1 aromatic carbocycles. The molecule has 8 heteroatoms. The molecule has 1 aliphatic rings. The van der Waals surface area contributed by atoms with Crippen LogP contribution in [0, 0.1) is 12.7 Å². The number of pyridine rings is 1. The van der Waals surface area contributed by atoms with E-state index in [4.69, 9.17) is 0 Å². The molecule has 2 aromatic heterocycles. The number of anilines is 2. The van der Waals surface area contributed by atoms with Gasteiger partial charge in [0.05, 0.1) is 23.3 Å². The summed E-state index contributed by atoms with van der Waals surface area (Å²) in [5.41, 5.74) is 0.222. The second-order valence-electron chi connectivity index (χ2n) is 7.84. The summed E-state index contributed by atoms with van der Waals surface area (Å²) in [6.07, 6.45) is 3.97. The van der Waals surface area contributed by atoms with E-state index in [0.29, 0.717) is 24.1 Å². The second kappa shape index (κ2) is 7.74. The van der Waals surface area contributed by atoms with E-state index in [1.54, 1.807) is 20.0 Å². The highest BCUT2D eigenvalue weighted by Crippen LogP contribution is 2.34. The SMILES string of the molecule is Cc1nc(N[C@H](C)c2cccc(C(C)(F)F)c2F)c2cc(N3CCCC3)ncc2n1. The molecule has 1 fully saturated rings. The molecule has 5 nitrogen and oxygen atoms in total. The summed E-state index contributed by atoms with van der Waals surface area (Å²) in [7, 11) is 0. The molecule has 0 saturated carbocycles. The molecule has 4 rings (SSSR count). The molecule has 30 heavy (non-hydrogen) atoms. The van der Waals surface area contributed by atoms with Crippen LogP contribution in [0.3, 0.4) is 0 Å². The summed E-state index contributed by atoms with van der Waals surface area (Å²) in [6, 6.07) is 5.43. The molecular weight excluding hydrogens is 391 g/mol. The van der Waals surface area contributed by atoms with Crippen molar-refractivity contribution in [1.29, 1.82) is 0 Å². The molecule has 3 aromatic rings. The highest BCUT2D eigenvalue weighted by molar-refractivity contribution is 5.90. The van der Waals surface area contributed by atoms with Crippen LogP contribution in [-0.4, -0.2) is 28.0 Å². The van der Waals surface area contributed by atoms with Crippen LogP contribution in [0.2, 0.25) is 0 Å². The van der Waals surface area contributed by atoms with Crippen molar-refractivity contribution in [3.05, 3.63) is 53.2 Å². The van der Waals surface area contributed by atoms with Gasteiger partial charge in [-0.3, -0.25) is 0 Å². The zero-order valence-corrected chi connectivity index (χ0v) is 17.2. The largest absolute Gasteiger partial charge is 0.363 e. The lowest BCUT2D eigenvalue weighted by Crippen LogP contribution is -2.19. The third-order valence-electron chi connectivity index (χ3n) is 5.43. The Labute approximate surface area is 173 Å². The molecule has 1 N–H and O–H groups in total. The fourth-order valence-electron chi connectivity index (χ4n) is 3.87. The Morgan fingerprint density at radius 1 is 1.17 bits per heavy atom. The quantitative estimate of drug-likeness (QED) is 0.608. The number of aryl methyl sites for hydroxylation is 1. The van der Waals surface area contributed by atoms with Crippen LogP contribution in [0.4, 0.5) is 24.8 Å². The lowest BCUT2D eigenvalue weighted by atomic mass is 10.0. The molecule has 0 unspecified atom stereocenters. The van der Waals surface area contributed by atoms with Crippen LogP contribution >= 0.6 is 0 Å². The average molecular weight is 415 g/mol. The van der Waals surface area contributed by atoms with E-state index < -0.39 is 23.3 Å². The molecule has 0 aliphatic carbocycles. The van der Waals surface area contributed by atoms with Gasteiger partial charge < -0.3 is 10.2 Å². The Hall–Kier alpha value is -2.90. The van der Waals surface area contributed by atoms with E-state index >= 15 is 0 Å². The van der Waals surface area contributed by atoms with Crippen molar-refractivity contribution in [2.45, 2.75) is 45.6 Å². The van der Waals surface area contributed by atoms with Gasteiger partial charge in [-0.05, 0) is 32.8 Å². The summed E-state index contributed by atoms with van der Waals surface area (Å²) in [4.78, 5) is 15.7. The number of aromatic nitrogens is 3. The van der Waals surface area contributed by atoms with Crippen molar-refractivity contribution in [1.82, 2.24) is 15.0 Å². The Morgan fingerprint density at radius 3 is 2.60 bits per heavy atom. The highest BCUT2D eigenvalue weighted by Gasteiger charge is 2.30. The molecule has 158 valence electrons. The minimum atomic E-state index is -3.26. The van der Waals surface area contributed by atoms with Crippen molar-refractivity contribution >= 4 is 22.5 Å². The molecule has 0 radical (unpaired) electrons. The smallest absolute Gasteiger partial charge is 0.273 e. The minimum absolute atomic E-state index is 0.160. The molecule has 0 amide bonds. The number of alkyl halides is 2. The molecule has 1 atom stereocenters. The first kappa shape index (κ1) is 20.4. The number of fused-ring (bicyclic) bond motifs is 1. The maximum atomic E-state index is 14.8. The average Bonchev–Trinajstić information content (AvgIpc) is 3.21. The number of rotatable bonds is 5. The van der Waals surface area contributed by atoms with E-state index in [2.05, 4.69) is 25.2 Å². The van der Waals surface area contributed by atoms with Crippen LogP contribution < -0.4 is 10.2 Å². The number of hydrogen-bond acceptors (Lipinski definition) is 5. The normalized spacial score (nSPS) is 15.6. The van der Waals surface area contributed by atoms with Gasteiger partial charge in [-0.25, -0.2) is 28.1 Å². The van der Waals surface area contributed by atoms with Crippen LogP contribution in [0.1, 0.15) is 49.7 Å². The van der Waals surface area contributed by atoms with Gasteiger partial charge >= 0.3 is 0 Å². The predicted molar refractivity (Wildman–Crippen MR) is 112 cm³/mol. The van der Waals surface area contributed by atoms with Gasteiger partial charge in [0.2, 0.25) is 0 Å².